The molecule has 1 fully saturated rings. The SMILES string of the molecule is ClCC1(NCCCOc2ccccc2)CCCCC1. The molecule has 0 aromatic heterocycles. The normalized spacial score (nSPS) is 18.2. The monoisotopic (exact) mass is 281 g/mol. The minimum absolute atomic E-state index is 0.187. The highest BCUT2D eigenvalue weighted by Gasteiger charge is 2.29. The van der Waals surface area contributed by atoms with Crippen LogP contribution in [-0.4, -0.2) is 24.6 Å². The highest BCUT2D eigenvalue weighted by atomic mass is 35.5. The van der Waals surface area contributed by atoms with E-state index in [1.54, 1.807) is 0 Å². The van der Waals surface area contributed by atoms with Crippen molar-refractivity contribution in [2.75, 3.05) is 19.0 Å². The van der Waals surface area contributed by atoms with Gasteiger partial charge in [0.2, 0.25) is 0 Å². The summed E-state index contributed by atoms with van der Waals surface area (Å²) in [6.07, 6.45) is 7.43. The van der Waals surface area contributed by atoms with Crippen molar-refractivity contribution in [3.05, 3.63) is 30.3 Å². The lowest BCUT2D eigenvalue weighted by molar-refractivity contribution is 0.244. The molecule has 0 atom stereocenters. The van der Waals surface area contributed by atoms with Crippen molar-refractivity contribution in [1.29, 1.82) is 0 Å². The van der Waals surface area contributed by atoms with Crippen LogP contribution in [0.5, 0.6) is 5.75 Å². The second kappa shape index (κ2) is 7.76. The molecule has 1 aliphatic carbocycles. The molecule has 1 saturated carbocycles. The van der Waals surface area contributed by atoms with E-state index in [0.717, 1.165) is 31.2 Å². The third-order valence-corrected chi connectivity index (χ3v) is 4.41. The van der Waals surface area contributed by atoms with E-state index >= 15 is 0 Å². The van der Waals surface area contributed by atoms with E-state index in [4.69, 9.17) is 16.3 Å². The molecule has 1 aromatic carbocycles. The molecule has 0 unspecified atom stereocenters. The van der Waals surface area contributed by atoms with Crippen molar-refractivity contribution in [3.63, 3.8) is 0 Å². The smallest absolute Gasteiger partial charge is 0.119 e. The van der Waals surface area contributed by atoms with Crippen molar-refractivity contribution in [3.8, 4) is 5.75 Å². The average Bonchev–Trinajstić information content (AvgIpc) is 2.49. The Morgan fingerprint density at radius 2 is 1.84 bits per heavy atom. The van der Waals surface area contributed by atoms with Crippen LogP contribution in [0.25, 0.3) is 0 Å². The fraction of sp³-hybridized carbons (Fsp3) is 0.625. The zero-order valence-electron chi connectivity index (χ0n) is 11.5. The predicted molar refractivity (Wildman–Crippen MR) is 81.1 cm³/mol. The first kappa shape index (κ1) is 14.7. The van der Waals surface area contributed by atoms with Gasteiger partial charge in [0.15, 0.2) is 0 Å². The van der Waals surface area contributed by atoms with Gasteiger partial charge in [0.05, 0.1) is 6.61 Å². The van der Waals surface area contributed by atoms with Crippen LogP contribution in [0, 0.1) is 0 Å². The van der Waals surface area contributed by atoms with Crippen LogP contribution >= 0.6 is 11.6 Å². The molecule has 0 aliphatic heterocycles. The average molecular weight is 282 g/mol. The second-order valence-corrected chi connectivity index (χ2v) is 5.68. The maximum atomic E-state index is 6.15. The molecule has 1 N–H and O–H groups in total. The molecular formula is C16H24ClNO. The molecule has 1 aromatic rings. The van der Waals surface area contributed by atoms with E-state index in [9.17, 15) is 0 Å². The van der Waals surface area contributed by atoms with Gasteiger partial charge in [-0.25, -0.2) is 0 Å². The molecule has 106 valence electrons. The molecule has 0 amide bonds. The third kappa shape index (κ3) is 4.70. The number of rotatable bonds is 7. The van der Waals surface area contributed by atoms with E-state index in [1.807, 2.05) is 30.3 Å². The van der Waals surface area contributed by atoms with Gasteiger partial charge in [0.25, 0.3) is 0 Å². The van der Waals surface area contributed by atoms with Gasteiger partial charge in [0, 0.05) is 11.4 Å². The maximum Gasteiger partial charge on any atom is 0.119 e. The number of ether oxygens (including phenoxy) is 1. The summed E-state index contributed by atoms with van der Waals surface area (Å²) in [5.41, 5.74) is 0.187. The van der Waals surface area contributed by atoms with Crippen LogP contribution < -0.4 is 10.1 Å². The number of alkyl halides is 1. The van der Waals surface area contributed by atoms with Crippen LogP contribution in [0.4, 0.5) is 0 Å². The molecule has 1 aliphatic rings. The Bertz CT molecular complexity index is 349. The lowest BCUT2D eigenvalue weighted by Crippen LogP contribution is -2.49. The zero-order valence-corrected chi connectivity index (χ0v) is 12.3. The number of hydrogen-bond acceptors (Lipinski definition) is 2. The first-order chi connectivity index (χ1) is 9.35. The zero-order chi connectivity index (χ0) is 13.4. The van der Waals surface area contributed by atoms with Crippen molar-refractivity contribution in [2.24, 2.45) is 0 Å². The summed E-state index contributed by atoms with van der Waals surface area (Å²) < 4.78 is 5.69. The van der Waals surface area contributed by atoms with Crippen molar-refractivity contribution in [1.82, 2.24) is 5.32 Å². The summed E-state index contributed by atoms with van der Waals surface area (Å²) in [6, 6.07) is 9.99. The fourth-order valence-corrected chi connectivity index (χ4v) is 3.08. The van der Waals surface area contributed by atoms with E-state index < -0.39 is 0 Å². The van der Waals surface area contributed by atoms with Gasteiger partial charge < -0.3 is 10.1 Å². The van der Waals surface area contributed by atoms with Crippen LogP contribution in [0.1, 0.15) is 38.5 Å². The molecule has 2 nitrogen and oxygen atoms in total. The van der Waals surface area contributed by atoms with E-state index in [0.29, 0.717) is 0 Å². The van der Waals surface area contributed by atoms with Crippen LogP contribution in [0.15, 0.2) is 30.3 Å². The fourth-order valence-electron chi connectivity index (χ4n) is 2.72. The number of halogens is 1. The molecule has 0 saturated heterocycles. The molecule has 19 heavy (non-hydrogen) atoms. The quantitative estimate of drug-likeness (QED) is 0.603. The molecule has 0 heterocycles. The molecule has 0 radical (unpaired) electrons. The van der Waals surface area contributed by atoms with E-state index in [2.05, 4.69) is 5.32 Å². The summed E-state index contributed by atoms with van der Waals surface area (Å²) in [5, 5.41) is 3.66. The number of nitrogens with one attached hydrogen (secondary N) is 1. The lowest BCUT2D eigenvalue weighted by Gasteiger charge is -2.36. The minimum atomic E-state index is 0.187. The van der Waals surface area contributed by atoms with Crippen LogP contribution in [0.2, 0.25) is 0 Å². The summed E-state index contributed by atoms with van der Waals surface area (Å²) in [4.78, 5) is 0. The lowest BCUT2D eigenvalue weighted by atomic mass is 9.83. The summed E-state index contributed by atoms with van der Waals surface area (Å²) in [6.45, 7) is 1.74. The van der Waals surface area contributed by atoms with Gasteiger partial charge in [0.1, 0.15) is 5.75 Å². The largest absolute Gasteiger partial charge is 0.494 e. The second-order valence-electron chi connectivity index (χ2n) is 5.42. The Balaban J connectivity index is 1.63. The Kier molecular flexibility index (Phi) is 5.99. The van der Waals surface area contributed by atoms with Gasteiger partial charge in [-0.15, -0.1) is 11.6 Å². The highest BCUT2D eigenvalue weighted by molar-refractivity contribution is 6.18. The Labute approximate surface area is 121 Å². The first-order valence-electron chi connectivity index (χ1n) is 7.33. The van der Waals surface area contributed by atoms with Gasteiger partial charge in [-0.05, 0) is 37.9 Å². The number of para-hydroxylation sites is 1. The Hall–Kier alpha value is -0.730. The van der Waals surface area contributed by atoms with Crippen molar-refractivity contribution >= 4 is 11.6 Å². The molecule has 0 bridgehead atoms. The Morgan fingerprint density at radius 1 is 1.11 bits per heavy atom. The minimum Gasteiger partial charge on any atom is -0.494 e. The Morgan fingerprint density at radius 3 is 2.53 bits per heavy atom. The maximum absolute atomic E-state index is 6.15. The van der Waals surface area contributed by atoms with Gasteiger partial charge >= 0.3 is 0 Å². The standard InChI is InChI=1S/C16H24ClNO/c17-14-16(10-5-2-6-11-16)18-12-7-13-19-15-8-3-1-4-9-15/h1,3-4,8-9,18H,2,5-7,10-14H2. The molecular weight excluding hydrogens is 258 g/mol. The van der Waals surface area contributed by atoms with Gasteiger partial charge in [-0.1, -0.05) is 37.5 Å². The summed E-state index contributed by atoms with van der Waals surface area (Å²) >= 11 is 6.15. The molecule has 0 spiro atoms. The van der Waals surface area contributed by atoms with Gasteiger partial charge in [-0.2, -0.15) is 0 Å². The first-order valence-corrected chi connectivity index (χ1v) is 7.87. The number of hydrogen-bond donors (Lipinski definition) is 1. The van der Waals surface area contributed by atoms with Crippen molar-refractivity contribution in [2.45, 2.75) is 44.1 Å². The van der Waals surface area contributed by atoms with Crippen molar-refractivity contribution < 1.29 is 4.74 Å². The molecule has 2 rings (SSSR count). The predicted octanol–water partition coefficient (Wildman–Crippen LogP) is 3.99. The van der Waals surface area contributed by atoms with E-state index in [-0.39, 0.29) is 5.54 Å². The van der Waals surface area contributed by atoms with Crippen LogP contribution in [-0.2, 0) is 0 Å². The topological polar surface area (TPSA) is 21.3 Å². The third-order valence-electron chi connectivity index (χ3n) is 3.90. The van der Waals surface area contributed by atoms with Gasteiger partial charge in [-0.3, -0.25) is 0 Å². The number of benzene rings is 1. The molecule has 3 heteroatoms. The highest BCUT2D eigenvalue weighted by Crippen LogP contribution is 2.29. The summed E-state index contributed by atoms with van der Waals surface area (Å²) in [5.74, 6) is 1.68. The summed E-state index contributed by atoms with van der Waals surface area (Å²) in [7, 11) is 0. The van der Waals surface area contributed by atoms with Crippen LogP contribution in [0.3, 0.4) is 0 Å². The van der Waals surface area contributed by atoms with E-state index in [1.165, 1.54) is 32.1 Å².